The summed E-state index contributed by atoms with van der Waals surface area (Å²) < 4.78 is 0. The average Bonchev–Trinajstić information content (AvgIpc) is 0.703. The first-order valence-electron chi connectivity index (χ1n) is 33.7. The molecule has 93 heavy (non-hydrogen) atoms. The van der Waals surface area contributed by atoms with E-state index < -0.39 is 0 Å². The normalized spacial score (nSPS) is 14.3. The maximum absolute atomic E-state index is 2.73. The summed E-state index contributed by atoms with van der Waals surface area (Å²) in [6, 6.07) is 89.6. The molecular weight excluding hydrogens is 1140 g/mol. The summed E-state index contributed by atoms with van der Waals surface area (Å²) in [5, 5.41) is 0. The molecule has 3 aliphatic rings. The molecule has 0 radical (unpaired) electrons. The van der Waals surface area contributed by atoms with Gasteiger partial charge in [0.05, 0.1) is 17.1 Å². The first kappa shape index (κ1) is 61.9. The Labute approximate surface area is 560 Å². The van der Waals surface area contributed by atoms with Gasteiger partial charge in [-0.25, -0.2) is 0 Å². The van der Waals surface area contributed by atoms with Crippen LogP contribution < -0.4 is 26.2 Å². The van der Waals surface area contributed by atoms with Crippen molar-refractivity contribution in [2.45, 2.75) is 160 Å². The number of fused-ring (bicyclic) bond motifs is 6. The third kappa shape index (κ3) is 11.1. The van der Waals surface area contributed by atoms with E-state index in [1.807, 2.05) is 11.8 Å². The van der Waals surface area contributed by atoms with E-state index >= 15 is 0 Å². The third-order valence-electron chi connectivity index (χ3n) is 20.2. The summed E-state index contributed by atoms with van der Waals surface area (Å²) in [6.07, 6.45) is 0. The van der Waals surface area contributed by atoms with E-state index in [4.69, 9.17) is 0 Å². The zero-order valence-corrected chi connectivity index (χ0v) is 58.6. The summed E-state index contributed by atoms with van der Waals surface area (Å²) in [4.78, 5) is 7.79. The molecule has 4 heteroatoms. The fraction of sp³-hybridized carbons (Fsp3) is 0.258. The van der Waals surface area contributed by atoms with E-state index in [0.717, 1.165) is 5.69 Å². The van der Waals surface area contributed by atoms with E-state index in [1.54, 1.807) is 0 Å². The van der Waals surface area contributed by atoms with Crippen LogP contribution in [0.5, 0.6) is 0 Å². The van der Waals surface area contributed by atoms with Gasteiger partial charge in [0, 0.05) is 43.4 Å². The molecule has 3 aliphatic heterocycles. The Morgan fingerprint density at radius 3 is 1.24 bits per heavy atom. The van der Waals surface area contributed by atoms with Gasteiger partial charge in [0.1, 0.15) is 0 Å². The minimum absolute atomic E-state index is 0.0213. The molecule has 0 aliphatic carbocycles. The first-order chi connectivity index (χ1) is 44.0. The number of benzene rings is 11. The van der Waals surface area contributed by atoms with Crippen LogP contribution in [0.4, 0.5) is 34.1 Å². The Balaban J connectivity index is 1.10. The molecule has 11 aromatic rings. The highest BCUT2D eigenvalue weighted by atomic mass is 32.2. The second-order valence-electron chi connectivity index (χ2n) is 32.3. The standard InChI is InChI=1S/C89H89BN2S/c1-84(2,3)64-43-61(44-65(52-64)85(4,5)6)59-37-40-74-78(48-59)92(83-70(56-29-21-18-22-30-56)54-68(88(13,14)15)55-71(83)57-31-23-19-24-32-57)79-49-63(58-39-42-77-73(47-58)89(16,17)72-35-27-28-36-76(72)91(77)69-33-25-20-26-34-69)51-81-82(79)90(74)75-41-38-60(50-80(75)93-81)62-45-66(86(7,8)9)53-67(46-62)87(10,11)12/h18-55H,1-17H3. The second kappa shape index (κ2) is 22.3. The molecule has 2 nitrogen and oxygen atoms in total. The fourth-order valence-corrected chi connectivity index (χ4v) is 15.8. The van der Waals surface area contributed by atoms with Crippen LogP contribution in [0.25, 0.3) is 55.6 Å². The van der Waals surface area contributed by atoms with Crippen LogP contribution in [0.2, 0.25) is 0 Å². The van der Waals surface area contributed by atoms with Gasteiger partial charge in [-0.2, -0.15) is 0 Å². The summed E-state index contributed by atoms with van der Waals surface area (Å²) in [7, 11) is 0. The molecule has 0 amide bonds. The average molecular weight is 1230 g/mol. The molecule has 0 N–H and O–H groups in total. The minimum Gasteiger partial charge on any atom is -0.310 e. The number of anilines is 6. The van der Waals surface area contributed by atoms with Crippen molar-refractivity contribution in [3.63, 3.8) is 0 Å². The molecule has 0 bridgehead atoms. The Morgan fingerprint density at radius 1 is 0.301 bits per heavy atom. The Hall–Kier alpha value is -8.57. The molecule has 0 spiro atoms. The molecule has 11 aromatic carbocycles. The SMILES string of the molecule is CC(C)(C)c1cc(-c2ccc3c(c2)Sc2cc(-c4ccc5c(c4)C(C)(C)c4ccccc4N5c4ccccc4)cc4c2B3c2ccc(-c3cc(C(C)(C)C)cc(C(C)(C)C)c3)cc2N4c2c(-c3ccccc3)cc(C(C)(C)C)cc2-c2ccccc2)cc(C(C)(C)C)c1. The topological polar surface area (TPSA) is 6.48 Å². The van der Waals surface area contributed by atoms with Gasteiger partial charge in [0.25, 0.3) is 0 Å². The van der Waals surface area contributed by atoms with Crippen molar-refractivity contribution >= 4 is 69.0 Å². The molecule has 0 atom stereocenters. The molecule has 0 aromatic heterocycles. The number of hydrogen-bond acceptors (Lipinski definition) is 3. The van der Waals surface area contributed by atoms with Crippen LogP contribution in [0, 0.1) is 0 Å². The van der Waals surface area contributed by atoms with Crippen molar-refractivity contribution in [3.8, 4) is 55.6 Å². The van der Waals surface area contributed by atoms with Crippen molar-refractivity contribution < 1.29 is 0 Å². The van der Waals surface area contributed by atoms with E-state index in [0.29, 0.717) is 0 Å². The lowest BCUT2D eigenvalue weighted by atomic mass is 9.34. The van der Waals surface area contributed by atoms with Gasteiger partial charge >= 0.3 is 0 Å². The van der Waals surface area contributed by atoms with Gasteiger partial charge in [0.15, 0.2) is 0 Å². The summed E-state index contributed by atoms with van der Waals surface area (Å²) in [5.74, 6) is 0. The lowest BCUT2D eigenvalue weighted by Crippen LogP contribution is -2.59. The van der Waals surface area contributed by atoms with Crippen LogP contribution in [0.1, 0.15) is 157 Å². The molecule has 0 saturated carbocycles. The molecule has 464 valence electrons. The highest BCUT2D eigenvalue weighted by Gasteiger charge is 2.44. The maximum atomic E-state index is 2.73. The van der Waals surface area contributed by atoms with Crippen molar-refractivity contribution in [2.24, 2.45) is 0 Å². The zero-order valence-electron chi connectivity index (χ0n) is 57.8. The number of para-hydroxylation sites is 2. The molecule has 14 rings (SSSR count). The number of rotatable bonds is 7. The quantitative estimate of drug-likeness (QED) is 0.147. The van der Waals surface area contributed by atoms with Crippen molar-refractivity contribution in [1.82, 2.24) is 0 Å². The summed E-state index contributed by atoms with van der Waals surface area (Å²) in [5.41, 5.74) is 32.0. The highest BCUT2D eigenvalue weighted by molar-refractivity contribution is 8.00. The number of hydrogen-bond donors (Lipinski definition) is 0. The van der Waals surface area contributed by atoms with Crippen molar-refractivity contribution in [2.75, 3.05) is 9.80 Å². The minimum atomic E-state index is -0.301. The predicted octanol–water partition coefficient (Wildman–Crippen LogP) is 23.4. The van der Waals surface area contributed by atoms with Crippen molar-refractivity contribution in [3.05, 3.63) is 269 Å². The largest absolute Gasteiger partial charge is 0.310 e. The smallest absolute Gasteiger partial charge is 0.249 e. The van der Waals surface area contributed by atoms with E-state index in [2.05, 4.69) is 358 Å². The summed E-state index contributed by atoms with van der Waals surface area (Å²) >= 11 is 1.96. The van der Waals surface area contributed by atoms with E-state index in [1.165, 1.54) is 149 Å². The van der Waals surface area contributed by atoms with E-state index in [-0.39, 0.29) is 39.2 Å². The van der Waals surface area contributed by atoms with Gasteiger partial charge in [-0.3, -0.25) is 0 Å². The van der Waals surface area contributed by atoms with Gasteiger partial charge < -0.3 is 9.80 Å². The monoisotopic (exact) mass is 1230 g/mol. The lowest BCUT2D eigenvalue weighted by Gasteiger charge is -2.43. The first-order valence-corrected chi connectivity index (χ1v) is 34.5. The molecule has 3 heterocycles. The highest BCUT2D eigenvalue weighted by Crippen LogP contribution is 2.56. The fourth-order valence-electron chi connectivity index (χ4n) is 14.6. The van der Waals surface area contributed by atoms with Crippen LogP contribution in [0.15, 0.2) is 240 Å². The Kier molecular flexibility index (Phi) is 14.8. The third-order valence-corrected chi connectivity index (χ3v) is 21.4. The predicted molar refractivity (Wildman–Crippen MR) is 404 cm³/mol. The molecule has 0 saturated heterocycles. The Morgan fingerprint density at radius 2 is 0.710 bits per heavy atom. The molecular formula is C89H89BN2S. The second-order valence-corrected chi connectivity index (χ2v) is 33.4. The van der Waals surface area contributed by atoms with Crippen LogP contribution in [-0.4, -0.2) is 6.71 Å². The van der Waals surface area contributed by atoms with Crippen LogP contribution in [-0.2, 0) is 32.5 Å². The van der Waals surface area contributed by atoms with Gasteiger partial charge in [-0.15, -0.1) is 0 Å². The van der Waals surface area contributed by atoms with Gasteiger partial charge in [0.2, 0.25) is 6.71 Å². The van der Waals surface area contributed by atoms with E-state index in [9.17, 15) is 0 Å². The number of nitrogens with zero attached hydrogens (tertiary/aromatic N) is 2. The lowest BCUT2D eigenvalue weighted by molar-refractivity contribution is 0.568. The summed E-state index contributed by atoms with van der Waals surface area (Å²) in [6.45, 7) is 40.0. The molecule has 0 unspecified atom stereocenters. The Bertz CT molecular complexity index is 4620. The van der Waals surface area contributed by atoms with Gasteiger partial charge in [-0.1, -0.05) is 299 Å². The van der Waals surface area contributed by atoms with Crippen molar-refractivity contribution in [1.29, 1.82) is 0 Å². The maximum Gasteiger partial charge on any atom is 0.249 e. The van der Waals surface area contributed by atoms with Crippen LogP contribution >= 0.6 is 11.8 Å². The zero-order chi connectivity index (χ0) is 65.5. The van der Waals surface area contributed by atoms with Gasteiger partial charge in [-0.05, 0) is 188 Å². The molecule has 0 fully saturated rings. The van der Waals surface area contributed by atoms with Crippen LogP contribution in [0.3, 0.4) is 0 Å².